The molecule has 2 nitrogen and oxygen atoms in total. The molecule has 0 aliphatic rings. The van der Waals surface area contributed by atoms with E-state index >= 15 is 0 Å². The van der Waals surface area contributed by atoms with Crippen molar-refractivity contribution in [3.63, 3.8) is 0 Å². The van der Waals surface area contributed by atoms with Crippen LogP contribution in [0.3, 0.4) is 0 Å². The second-order valence-electron chi connectivity index (χ2n) is 4.10. The summed E-state index contributed by atoms with van der Waals surface area (Å²) >= 11 is 5.30. The zero-order chi connectivity index (χ0) is 12.4. The van der Waals surface area contributed by atoms with Gasteiger partial charge in [-0.3, -0.25) is 0 Å². The van der Waals surface area contributed by atoms with Gasteiger partial charge < -0.3 is 5.73 Å². The molecule has 2 unspecified atom stereocenters. The lowest BCUT2D eigenvalue weighted by atomic mass is 10.2. The van der Waals surface area contributed by atoms with Crippen LogP contribution < -0.4 is 5.73 Å². The fourth-order valence-corrected chi connectivity index (χ4v) is 4.81. The van der Waals surface area contributed by atoms with Crippen molar-refractivity contribution in [3.8, 4) is 0 Å². The number of thiazole rings is 1. The minimum absolute atomic E-state index is 0.127. The van der Waals surface area contributed by atoms with Crippen LogP contribution >= 0.6 is 34.4 Å². The lowest BCUT2D eigenvalue weighted by molar-refractivity contribution is 0.729. The largest absolute Gasteiger partial charge is 0.327 e. The third-order valence-electron chi connectivity index (χ3n) is 2.34. The number of thiophene rings is 1. The van der Waals surface area contributed by atoms with Gasteiger partial charge in [0.1, 0.15) is 0 Å². The van der Waals surface area contributed by atoms with Crippen molar-refractivity contribution in [2.45, 2.75) is 36.4 Å². The molecule has 5 heteroatoms. The number of aryl methyl sites for hydroxylation is 2. The summed E-state index contributed by atoms with van der Waals surface area (Å²) in [4.78, 5) is 7.17. The van der Waals surface area contributed by atoms with E-state index in [1.165, 1.54) is 9.75 Å². The first kappa shape index (κ1) is 13.1. The van der Waals surface area contributed by atoms with Crippen LogP contribution in [0.15, 0.2) is 21.9 Å². The molecule has 0 aromatic carbocycles. The van der Waals surface area contributed by atoms with Crippen LogP contribution in [0.1, 0.15) is 27.6 Å². The van der Waals surface area contributed by atoms with Gasteiger partial charge in [-0.15, -0.1) is 22.7 Å². The first-order chi connectivity index (χ1) is 8.06. The number of thioether (sulfide) groups is 1. The molecule has 0 fully saturated rings. The molecular weight excluding hydrogens is 268 g/mol. The van der Waals surface area contributed by atoms with Crippen molar-refractivity contribution in [1.29, 1.82) is 0 Å². The van der Waals surface area contributed by atoms with Crippen LogP contribution in [0.4, 0.5) is 0 Å². The Bertz CT molecular complexity index is 487. The summed E-state index contributed by atoms with van der Waals surface area (Å²) < 4.78 is 1.11. The van der Waals surface area contributed by atoms with Crippen molar-refractivity contribution in [1.82, 2.24) is 4.98 Å². The van der Waals surface area contributed by atoms with Crippen molar-refractivity contribution in [3.05, 3.63) is 33.0 Å². The summed E-state index contributed by atoms with van der Waals surface area (Å²) in [7, 11) is 0. The predicted octanol–water partition coefficient (Wildman–Crippen LogP) is 4.00. The van der Waals surface area contributed by atoms with E-state index in [1.54, 1.807) is 23.1 Å². The summed E-state index contributed by atoms with van der Waals surface area (Å²) in [6, 6.07) is 4.46. The summed E-state index contributed by atoms with van der Waals surface area (Å²) in [5.74, 6) is 0. The highest BCUT2D eigenvalue weighted by Crippen LogP contribution is 2.41. The summed E-state index contributed by atoms with van der Waals surface area (Å²) in [5.41, 5.74) is 7.18. The van der Waals surface area contributed by atoms with Crippen molar-refractivity contribution < 1.29 is 0 Å². The van der Waals surface area contributed by atoms with E-state index in [1.807, 2.05) is 18.3 Å². The Hall–Kier alpha value is -0.360. The molecule has 0 saturated carbocycles. The molecule has 0 spiro atoms. The Morgan fingerprint density at radius 3 is 2.59 bits per heavy atom. The molecule has 2 heterocycles. The van der Waals surface area contributed by atoms with Crippen LogP contribution in [-0.2, 0) is 0 Å². The minimum Gasteiger partial charge on any atom is -0.327 e. The number of rotatable bonds is 4. The van der Waals surface area contributed by atoms with Gasteiger partial charge in [-0.1, -0.05) is 11.8 Å². The van der Waals surface area contributed by atoms with Gasteiger partial charge in [-0.2, -0.15) is 0 Å². The first-order valence-corrected chi connectivity index (χ1v) is 8.04. The normalized spacial score (nSPS) is 14.8. The van der Waals surface area contributed by atoms with Gasteiger partial charge in [0, 0.05) is 26.9 Å². The van der Waals surface area contributed by atoms with Crippen LogP contribution in [0.25, 0.3) is 0 Å². The average Bonchev–Trinajstić information content (AvgIpc) is 2.83. The topological polar surface area (TPSA) is 38.9 Å². The van der Waals surface area contributed by atoms with Crippen molar-refractivity contribution in [2.24, 2.45) is 5.73 Å². The molecule has 2 atom stereocenters. The predicted molar refractivity (Wildman–Crippen MR) is 78.2 cm³/mol. The maximum atomic E-state index is 6.10. The number of nitrogens with two attached hydrogens (primary N) is 1. The molecule has 2 N–H and O–H groups in total. The Morgan fingerprint density at radius 1 is 1.35 bits per heavy atom. The molecule has 0 bridgehead atoms. The van der Waals surface area contributed by atoms with Crippen molar-refractivity contribution in [2.75, 3.05) is 0 Å². The minimum atomic E-state index is 0.127. The van der Waals surface area contributed by atoms with E-state index < -0.39 is 0 Å². The summed E-state index contributed by atoms with van der Waals surface area (Å²) in [5, 5.41) is 2.39. The van der Waals surface area contributed by atoms with Gasteiger partial charge >= 0.3 is 0 Å². The van der Waals surface area contributed by atoms with E-state index in [0.29, 0.717) is 5.25 Å². The molecular formula is C12H16N2S3. The van der Waals surface area contributed by atoms with Gasteiger partial charge in [-0.25, -0.2) is 4.98 Å². The van der Waals surface area contributed by atoms with Gasteiger partial charge in [0.2, 0.25) is 0 Å². The fourth-order valence-electron chi connectivity index (χ4n) is 1.53. The van der Waals surface area contributed by atoms with Crippen molar-refractivity contribution >= 4 is 34.4 Å². The van der Waals surface area contributed by atoms with E-state index in [-0.39, 0.29) is 6.04 Å². The van der Waals surface area contributed by atoms with E-state index in [4.69, 9.17) is 5.73 Å². The number of hydrogen-bond donors (Lipinski definition) is 1. The van der Waals surface area contributed by atoms with Gasteiger partial charge in [0.15, 0.2) is 4.34 Å². The molecule has 2 aromatic heterocycles. The third-order valence-corrected chi connectivity index (χ3v) is 6.14. The van der Waals surface area contributed by atoms with E-state index in [2.05, 4.69) is 36.3 Å². The molecule has 0 aliphatic heterocycles. The molecule has 0 aliphatic carbocycles. The summed E-state index contributed by atoms with van der Waals surface area (Å²) in [6.07, 6.45) is 0. The number of aromatic nitrogens is 1. The molecule has 0 radical (unpaired) electrons. The van der Waals surface area contributed by atoms with E-state index in [0.717, 1.165) is 10.0 Å². The molecule has 0 saturated heterocycles. The van der Waals surface area contributed by atoms with Crippen LogP contribution in [0, 0.1) is 13.8 Å². The highest BCUT2D eigenvalue weighted by molar-refractivity contribution is 8.01. The zero-order valence-electron chi connectivity index (χ0n) is 10.1. The Morgan fingerprint density at radius 2 is 2.12 bits per heavy atom. The lowest BCUT2D eigenvalue weighted by Gasteiger charge is -2.17. The third kappa shape index (κ3) is 3.31. The monoisotopic (exact) mass is 284 g/mol. The van der Waals surface area contributed by atoms with Gasteiger partial charge in [0.25, 0.3) is 0 Å². The highest BCUT2D eigenvalue weighted by Gasteiger charge is 2.20. The van der Waals surface area contributed by atoms with Gasteiger partial charge in [-0.05, 0) is 32.9 Å². The molecule has 17 heavy (non-hydrogen) atoms. The first-order valence-electron chi connectivity index (χ1n) is 5.47. The SMILES string of the molecule is Cc1csc(SC(c2ccc(C)s2)C(C)N)n1. The lowest BCUT2D eigenvalue weighted by Crippen LogP contribution is -2.21. The highest BCUT2D eigenvalue weighted by atomic mass is 32.2. The Labute approximate surface area is 114 Å². The summed E-state index contributed by atoms with van der Waals surface area (Å²) in [6.45, 7) is 6.22. The molecule has 92 valence electrons. The second-order valence-corrected chi connectivity index (χ2v) is 7.67. The number of nitrogens with zero attached hydrogens (tertiary/aromatic N) is 1. The van der Waals surface area contributed by atoms with Crippen LogP contribution in [0.2, 0.25) is 0 Å². The molecule has 2 aromatic rings. The Kier molecular flexibility index (Phi) is 4.25. The van der Waals surface area contributed by atoms with Crippen LogP contribution in [0.5, 0.6) is 0 Å². The average molecular weight is 284 g/mol. The van der Waals surface area contributed by atoms with E-state index in [9.17, 15) is 0 Å². The zero-order valence-corrected chi connectivity index (χ0v) is 12.6. The standard InChI is InChI=1S/C12H16N2S3/c1-7-6-15-12(14-7)17-11(9(3)13)10-5-4-8(2)16-10/h4-6,9,11H,13H2,1-3H3. The van der Waals surface area contributed by atoms with Gasteiger partial charge in [0.05, 0.1) is 5.25 Å². The second kappa shape index (κ2) is 5.52. The quantitative estimate of drug-likeness (QED) is 0.862. The molecule has 2 rings (SSSR count). The maximum absolute atomic E-state index is 6.10. The van der Waals surface area contributed by atoms with Crippen LogP contribution in [-0.4, -0.2) is 11.0 Å². The fraction of sp³-hybridized carbons (Fsp3) is 0.417. The Balaban J connectivity index is 2.18. The number of hydrogen-bond acceptors (Lipinski definition) is 5. The molecule has 0 amide bonds. The smallest absolute Gasteiger partial charge is 0.150 e. The maximum Gasteiger partial charge on any atom is 0.150 e.